The molecule has 116 valence electrons. The molecule has 0 radical (unpaired) electrons. The zero-order chi connectivity index (χ0) is 14.9. The van der Waals surface area contributed by atoms with Crippen molar-refractivity contribution in [1.29, 1.82) is 0 Å². The molecule has 0 unspecified atom stereocenters. The Bertz CT molecular complexity index is 948. The number of imidazole rings is 1. The van der Waals surface area contributed by atoms with Gasteiger partial charge in [0.2, 0.25) is 0 Å². The second-order valence-electron chi connectivity index (χ2n) is 5.11. The SMILES string of the molecule is Oc1ccccc1-c1nc2ccccc2n1-c1ccccc1.[Pd]. The van der Waals surface area contributed by atoms with Gasteiger partial charge < -0.3 is 5.11 Å². The van der Waals surface area contributed by atoms with E-state index in [1.54, 1.807) is 6.07 Å². The number of benzene rings is 3. The van der Waals surface area contributed by atoms with Crippen LogP contribution < -0.4 is 0 Å². The van der Waals surface area contributed by atoms with Gasteiger partial charge in [-0.3, -0.25) is 4.57 Å². The minimum absolute atomic E-state index is 0. The Balaban J connectivity index is 0.00000156. The van der Waals surface area contributed by atoms with E-state index in [2.05, 4.69) is 4.57 Å². The first-order valence-corrected chi connectivity index (χ1v) is 7.16. The van der Waals surface area contributed by atoms with Gasteiger partial charge in [0.15, 0.2) is 0 Å². The Morgan fingerprint density at radius 1 is 0.739 bits per heavy atom. The molecule has 4 heteroatoms. The van der Waals surface area contributed by atoms with Crippen LogP contribution in [0.15, 0.2) is 78.9 Å². The minimum Gasteiger partial charge on any atom is -0.507 e. The number of aromatic hydroxyl groups is 1. The molecule has 1 heterocycles. The number of hydrogen-bond donors (Lipinski definition) is 1. The van der Waals surface area contributed by atoms with Crippen LogP contribution in [0.25, 0.3) is 28.1 Å². The first-order valence-electron chi connectivity index (χ1n) is 7.16. The molecule has 0 amide bonds. The predicted octanol–water partition coefficient (Wildman–Crippen LogP) is 4.40. The van der Waals surface area contributed by atoms with Gasteiger partial charge in [0.1, 0.15) is 11.6 Å². The molecule has 0 saturated heterocycles. The average Bonchev–Trinajstić information content (AvgIpc) is 2.95. The van der Waals surface area contributed by atoms with Gasteiger partial charge in [-0.25, -0.2) is 4.98 Å². The summed E-state index contributed by atoms with van der Waals surface area (Å²) in [4.78, 5) is 4.72. The van der Waals surface area contributed by atoms with Crippen molar-refractivity contribution in [2.24, 2.45) is 0 Å². The van der Waals surface area contributed by atoms with E-state index in [0.717, 1.165) is 28.1 Å². The van der Waals surface area contributed by atoms with Crippen LogP contribution in [0.1, 0.15) is 0 Å². The topological polar surface area (TPSA) is 38.1 Å². The number of hydrogen-bond acceptors (Lipinski definition) is 2. The molecule has 4 rings (SSSR count). The standard InChI is InChI=1S/C19H14N2O.Pd/c22-18-13-7-4-10-15(18)19-20-16-11-5-6-12-17(16)21(19)14-8-2-1-3-9-14;/h1-13,22H;. The van der Waals surface area contributed by atoms with Crippen molar-refractivity contribution in [2.75, 3.05) is 0 Å². The molecule has 3 aromatic carbocycles. The van der Waals surface area contributed by atoms with Crippen LogP contribution in [0.5, 0.6) is 5.75 Å². The van der Waals surface area contributed by atoms with Gasteiger partial charge in [-0.05, 0) is 36.4 Å². The predicted molar refractivity (Wildman–Crippen MR) is 88.2 cm³/mol. The molecule has 0 bridgehead atoms. The third-order valence-corrected chi connectivity index (χ3v) is 3.72. The fourth-order valence-electron chi connectivity index (χ4n) is 2.71. The normalized spacial score (nSPS) is 10.4. The van der Waals surface area contributed by atoms with Crippen LogP contribution in [0.4, 0.5) is 0 Å². The quantitative estimate of drug-likeness (QED) is 0.514. The van der Waals surface area contributed by atoms with E-state index in [1.807, 2.05) is 72.8 Å². The summed E-state index contributed by atoms with van der Waals surface area (Å²) in [6.45, 7) is 0. The third-order valence-electron chi connectivity index (χ3n) is 3.72. The number of aromatic nitrogens is 2. The van der Waals surface area contributed by atoms with Crippen molar-refractivity contribution >= 4 is 11.0 Å². The van der Waals surface area contributed by atoms with Gasteiger partial charge in [0.25, 0.3) is 0 Å². The first-order chi connectivity index (χ1) is 10.8. The van der Waals surface area contributed by atoms with Crippen molar-refractivity contribution in [3.8, 4) is 22.8 Å². The summed E-state index contributed by atoms with van der Waals surface area (Å²) in [5, 5.41) is 10.2. The van der Waals surface area contributed by atoms with Crippen molar-refractivity contribution in [3.63, 3.8) is 0 Å². The first kappa shape index (κ1) is 15.5. The van der Waals surface area contributed by atoms with Gasteiger partial charge in [-0.1, -0.05) is 42.5 Å². The van der Waals surface area contributed by atoms with Crippen molar-refractivity contribution in [3.05, 3.63) is 78.9 Å². The van der Waals surface area contributed by atoms with E-state index < -0.39 is 0 Å². The van der Waals surface area contributed by atoms with E-state index in [0.29, 0.717) is 0 Å². The van der Waals surface area contributed by atoms with Gasteiger partial charge in [-0.2, -0.15) is 0 Å². The van der Waals surface area contributed by atoms with E-state index in [4.69, 9.17) is 4.98 Å². The summed E-state index contributed by atoms with van der Waals surface area (Å²) in [6.07, 6.45) is 0. The molecular formula is C19H14N2OPd. The third kappa shape index (κ3) is 2.68. The number of nitrogens with zero attached hydrogens (tertiary/aromatic N) is 2. The molecule has 0 aliphatic rings. The van der Waals surface area contributed by atoms with Crippen LogP contribution in [0.3, 0.4) is 0 Å². The second-order valence-corrected chi connectivity index (χ2v) is 5.11. The molecule has 4 aromatic rings. The molecular weight excluding hydrogens is 379 g/mol. The van der Waals surface area contributed by atoms with E-state index in [-0.39, 0.29) is 26.2 Å². The maximum Gasteiger partial charge on any atom is 0.149 e. The fraction of sp³-hybridized carbons (Fsp3) is 0. The number of rotatable bonds is 2. The van der Waals surface area contributed by atoms with E-state index >= 15 is 0 Å². The largest absolute Gasteiger partial charge is 0.507 e. The molecule has 1 N–H and O–H groups in total. The van der Waals surface area contributed by atoms with E-state index in [1.165, 1.54) is 0 Å². The molecule has 0 aliphatic heterocycles. The summed E-state index contributed by atoms with van der Waals surface area (Å²) < 4.78 is 2.07. The number of phenols is 1. The Morgan fingerprint density at radius 3 is 2.17 bits per heavy atom. The van der Waals surface area contributed by atoms with Crippen LogP contribution in [-0.4, -0.2) is 14.7 Å². The fourth-order valence-corrected chi connectivity index (χ4v) is 2.71. The van der Waals surface area contributed by atoms with Gasteiger partial charge in [0, 0.05) is 26.1 Å². The molecule has 0 atom stereocenters. The molecule has 0 fully saturated rings. The smallest absolute Gasteiger partial charge is 0.149 e. The molecule has 3 nitrogen and oxygen atoms in total. The maximum atomic E-state index is 10.2. The number of phenolic OH excluding ortho intramolecular Hbond substituents is 1. The van der Waals surface area contributed by atoms with Crippen molar-refractivity contribution in [2.45, 2.75) is 0 Å². The Hall–Kier alpha value is -2.41. The minimum atomic E-state index is 0. The van der Waals surface area contributed by atoms with Crippen LogP contribution >= 0.6 is 0 Å². The summed E-state index contributed by atoms with van der Waals surface area (Å²) in [6, 6.07) is 25.3. The zero-order valence-corrected chi connectivity index (χ0v) is 13.7. The summed E-state index contributed by atoms with van der Waals surface area (Å²) in [7, 11) is 0. The Kier molecular flexibility index (Phi) is 4.29. The van der Waals surface area contributed by atoms with Gasteiger partial charge in [-0.15, -0.1) is 0 Å². The molecule has 0 aliphatic carbocycles. The van der Waals surface area contributed by atoms with Crippen LogP contribution in [0.2, 0.25) is 0 Å². The molecule has 1 aromatic heterocycles. The molecule has 0 spiro atoms. The Morgan fingerprint density at radius 2 is 1.39 bits per heavy atom. The maximum absolute atomic E-state index is 10.2. The Labute approximate surface area is 147 Å². The number of fused-ring (bicyclic) bond motifs is 1. The van der Waals surface area contributed by atoms with Crippen molar-refractivity contribution < 1.29 is 25.5 Å². The van der Waals surface area contributed by atoms with Crippen LogP contribution in [0, 0.1) is 0 Å². The molecule has 0 saturated carbocycles. The van der Waals surface area contributed by atoms with Gasteiger partial charge in [0.05, 0.1) is 16.6 Å². The van der Waals surface area contributed by atoms with Crippen molar-refractivity contribution in [1.82, 2.24) is 9.55 Å². The van der Waals surface area contributed by atoms with Gasteiger partial charge >= 0.3 is 0 Å². The summed E-state index contributed by atoms with van der Waals surface area (Å²) >= 11 is 0. The zero-order valence-electron chi connectivity index (χ0n) is 12.2. The molecule has 23 heavy (non-hydrogen) atoms. The monoisotopic (exact) mass is 392 g/mol. The van der Waals surface area contributed by atoms with Crippen LogP contribution in [-0.2, 0) is 20.4 Å². The van der Waals surface area contributed by atoms with E-state index in [9.17, 15) is 5.11 Å². The second kappa shape index (κ2) is 6.38. The summed E-state index contributed by atoms with van der Waals surface area (Å²) in [5.41, 5.74) is 3.67. The average molecular weight is 393 g/mol. The number of para-hydroxylation sites is 4. The summed E-state index contributed by atoms with van der Waals surface area (Å²) in [5.74, 6) is 0.973.